The predicted molar refractivity (Wildman–Crippen MR) is 120 cm³/mol. The van der Waals surface area contributed by atoms with E-state index in [2.05, 4.69) is 5.32 Å². The van der Waals surface area contributed by atoms with Crippen molar-refractivity contribution in [3.63, 3.8) is 0 Å². The number of halogens is 1. The van der Waals surface area contributed by atoms with Crippen LogP contribution < -0.4 is 5.32 Å². The minimum Gasteiger partial charge on any atom is -0.392 e. The van der Waals surface area contributed by atoms with Crippen LogP contribution in [0.25, 0.3) is 0 Å². The van der Waals surface area contributed by atoms with Crippen LogP contribution in [0.2, 0.25) is 0 Å². The second-order valence-electron chi connectivity index (χ2n) is 7.20. The maximum absolute atomic E-state index is 12.9. The van der Waals surface area contributed by atoms with E-state index in [0.717, 1.165) is 16.7 Å². The largest absolute Gasteiger partial charge is 0.392 e. The average Bonchev–Trinajstić information content (AvgIpc) is 3.06. The number of aliphatic hydroxyl groups is 1. The van der Waals surface area contributed by atoms with E-state index in [0.29, 0.717) is 46.2 Å². The molecule has 0 saturated carbocycles. The fourth-order valence-electron chi connectivity index (χ4n) is 3.64. The summed E-state index contributed by atoms with van der Waals surface area (Å²) in [7, 11) is 0. The molecule has 0 radical (unpaired) electrons. The van der Waals surface area contributed by atoms with Crippen molar-refractivity contribution in [1.29, 1.82) is 0 Å². The van der Waals surface area contributed by atoms with E-state index < -0.39 is 0 Å². The molecule has 152 valence electrons. The Kier molecular flexibility index (Phi) is 5.81. The van der Waals surface area contributed by atoms with E-state index in [1.165, 1.54) is 0 Å². The normalized spacial score (nSPS) is 15.6. The number of allylic oxidation sites excluding steroid dienone is 3. The van der Waals surface area contributed by atoms with Crippen LogP contribution in [0.3, 0.4) is 0 Å². The van der Waals surface area contributed by atoms with E-state index in [1.54, 1.807) is 35.3 Å². The molecular formula is C23H19ClN2O3S. The van der Waals surface area contributed by atoms with E-state index in [1.807, 2.05) is 24.3 Å². The Bertz CT molecular complexity index is 1120. The summed E-state index contributed by atoms with van der Waals surface area (Å²) in [6, 6.07) is 12.8. The third-order valence-corrected chi connectivity index (χ3v) is 5.80. The first-order chi connectivity index (χ1) is 14.5. The second kappa shape index (κ2) is 8.52. The molecule has 0 bridgehead atoms. The fraction of sp³-hybridized carbons (Fsp3) is 0.174. The lowest BCUT2D eigenvalue weighted by molar-refractivity contribution is -0.112. The van der Waals surface area contributed by atoms with Gasteiger partial charge in [0.1, 0.15) is 0 Å². The van der Waals surface area contributed by atoms with E-state index >= 15 is 0 Å². The number of thiocarbonyl (C=S) groups is 1. The zero-order valence-corrected chi connectivity index (χ0v) is 17.6. The first-order valence-corrected chi connectivity index (χ1v) is 10.3. The first-order valence-electron chi connectivity index (χ1n) is 9.48. The number of amides is 2. The van der Waals surface area contributed by atoms with Gasteiger partial charge in [0.05, 0.1) is 12.2 Å². The molecule has 1 aliphatic carbocycles. The number of aliphatic hydroxyl groups excluding tert-OH is 1. The molecule has 7 heteroatoms. The first kappa shape index (κ1) is 20.5. The highest BCUT2D eigenvalue weighted by Crippen LogP contribution is 2.31. The molecule has 0 aromatic heterocycles. The zero-order valence-electron chi connectivity index (χ0n) is 16.0. The number of hydrogen-bond donors (Lipinski definition) is 2. The number of carbonyl (C=O) groups excluding carboxylic acids is 2. The van der Waals surface area contributed by atoms with Crippen molar-refractivity contribution in [3.05, 3.63) is 87.5 Å². The van der Waals surface area contributed by atoms with Gasteiger partial charge in [-0.1, -0.05) is 60.2 Å². The maximum Gasteiger partial charge on any atom is 0.256 e. The van der Waals surface area contributed by atoms with Gasteiger partial charge in [0.25, 0.3) is 11.8 Å². The van der Waals surface area contributed by atoms with Gasteiger partial charge in [-0.05, 0) is 29.3 Å². The summed E-state index contributed by atoms with van der Waals surface area (Å²) in [5.74, 6) is -0.421. The Morgan fingerprint density at radius 2 is 1.97 bits per heavy atom. The van der Waals surface area contributed by atoms with Gasteiger partial charge in [0.2, 0.25) is 0 Å². The summed E-state index contributed by atoms with van der Waals surface area (Å²) in [5.41, 5.74) is 4.05. The van der Waals surface area contributed by atoms with E-state index in [9.17, 15) is 14.7 Å². The fourth-order valence-corrected chi connectivity index (χ4v) is 4.06. The topological polar surface area (TPSA) is 69.6 Å². The summed E-state index contributed by atoms with van der Waals surface area (Å²) in [6.07, 6.45) is 3.79. The van der Waals surface area contributed by atoms with Gasteiger partial charge < -0.3 is 15.3 Å². The van der Waals surface area contributed by atoms with E-state index in [-0.39, 0.29) is 18.4 Å². The van der Waals surface area contributed by atoms with Crippen molar-refractivity contribution < 1.29 is 14.7 Å². The molecule has 0 atom stereocenters. The third kappa shape index (κ3) is 4.07. The van der Waals surface area contributed by atoms with E-state index in [4.69, 9.17) is 23.8 Å². The summed E-state index contributed by atoms with van der Waals surface area (Å²) in [5, 5.41) is 12.7. The van der Waals surface area contributed by atoms with Crippen LogP contribution in [-0.2, 0) is 24.5 Å². The lowest BCUT2D eigenvalue weighted by atomic mass is 10.0. The third-order valence-electron chi connectivity index (χ3n) is 5.15. The summed E-state index contributed by atoms with van der Waals surface area (Å²) in [6.45, 7) is 0.762. The molecule has 0 spiro atoms. The number of nitrogens with zero attached hydrogens (tertiary/aromatic N) is 1. The number of fused-ring (bicyclic) bond motifs is 1. The standard InChI is InChI=1S/C23H19ClN2O3S/c24-16-7-8-21(30)18(10-16)22(28)25-20-6-2-5-17-19(20)12-26(23(17)29)11-14-3-1-4-15(9-14)13-27/h1-7,9-10,27H,8,11-13H2,(H,25,28). The second-order valence-corrected chi connectivity index (χ2v) is 8.13. The Labute approximate surface area is 184 Å². The molecule has 2 aliphatic rings. The zero-order chi connectivity index (χ0) is 21.3. The van der Waals surface area contributed by atoms with Gasteiger partial charge in [-0.3, -0.25) is 9.59 Å². The van der Waals surface area contributed by atoms with Gasteiger partial charge in [-0.25, -0.2) is 0 Å². The number of benzene rings is 2. The molecule has 0 saturated heterocycles. The molecule has 1 heterocycles. The van der Waals surface area contributed by atoms with Crippen LogP contribution in [0.5, 0.6) is 0 Å². The quantitative estimate of drug-likeness (QED) is 0.690. The highest BCUT2D eigenvalue weighted by Gasteiger charge is 2.30. The van der Waals surface area contributed by atoms with Crippen LogP contribution >= 0.6 is 23.8 Å². The minimum atomic E-state index is -0.332. The number of nitrogens with one attached hydrogen (secondary N) is 1. The van der Waals surface area contributed by atoms with Crippen molar-refractivity contribution in [2.45, 2.75) is 26.1 Å². The lowest BCUT2D eigenvalue weighted by Gasteiger charge is -2.17. The predicted octanol–water partition coefficient (Wildman–Crippen LogP) is 4.10. The average molecular weight is 439 g/mol. The molecule has 1 aliphatic heterocycles. The van der Waals surface area contributed by atoms with Crippen LogP contribution in [0.1, 0.15) is 33.5 Å². The maximum atomic E-state index is 12.9. The Morgan fingerprint density at radius 3 is 2.77 bits per heavy atom. The minimum absolute atomic E-state index is 0.0465. The van der Waals surface area contributed by atoms with Crippen molar-refractivity contribution in [1.82, 2.24) is 4.90 Å². The molecule has 0 unspecified atom stereocenters. The summed E-state index contributed by atoms with van der Waals surface area (Å²) >= 11 is 11.3. The highest BCUT2D eigenvalue weighted by molar-refractivity contribution is 7.81. The van der Waals surface area contributed by atoms with Gasteiger partial charge in [-0.2, -0.15) is 0 Å². The molecule has 2 aromatic carbocycles. The molecule has 4 rings (SSSR count). The van der Waals surface area contributed by atoms with Gasteiger partial charge in [0.15, 0.2) is 0 Å². The highest BCUT2D eigenvalue weighted by atomic mass is 35.5. The molecule has 2 N–H and O–H groups in total. The van der Waals surface area contributed by atoms with Crippen molar-refractivity contribution in [3.8, 4) is 0 Å². The lowest BCUT2D eigenvalue weighted by Crippen LogP contribution is -2.23. The summed E-state index contributed by atoms with van der Waals surface area (Å²) < 4.78 is 0. The summed E-state index contributed by atoms with van der Waals surface area (Å²) in [4.78, 5) is 27.9. The molecule has 5 nitrogen and oxygen atoms in total. The van der Waals surface area contributed by atoms with Gasteiger partial charge >= 0.3 is 0 Å². The monoisotopic (exact) mass is 438 g/mol. The number of carbonyl (C=O) groups is 2. The molecule has 0 fully saturated rings. The Morgan fingerprint density at radius 1 is 1.20 bits per heavy atom. The van der Waals surface area contributed by atoms with Crippen LogP contribution in [0.4, 0.5) is 5.69 Å². The van der Waals surface area contributed by atoms with Crippen molar-refractivity contribution in [2.75, 3.05) is 5.32 Å². The number of hydrogen-bond acceptors (Lipinski definition) is 4. The number of rotatable bonds is 5. The SMILES string of the molecule is O=C(Nc1cccc2c1CN(Cc1cccc(CO)c1)C2=O)C1=CC(Cl)=CCC1=S. The smallest absolute Gasteiger partial charge is 0.256 e. The van der Waals surface area contributed by atoms with Crippen LogP contribution in [-0.4, -0.2) is 26.7 Å². The van der Waals surface area contributed by atoms with Gasteiger partial charge in [0, 0.05) is 46.2 Å². The molecule has 30 heavy (non-hydrogen) atoms. The van der Waals surface area contributed by atoms with Gasteiger partial charge in [-0.15, -0.1) is 0 Å². The molecular weight excluding hydrogens is 420 g/mol. The van der Waals surface area contributed by atoms with Crippen LogP contribution in [0.15, 0.2) is 65.2 Å². The number of anilines is 1. The Balaban J connectivity index is 1.55. The molecule has 2 aromatic rings. The van der Waals surface area contributed by atoms with Crippen LogP contribution in [0, 0.1) is 0 Å². The van der Waals surface area contributed by atoms with Crippen molar-refractivity contribution in [2.24, 2.45) is 0 Å². The molecule has 2 amide bonds. The van der Waals surface area contributed by atoms with Crippen molar-refractivity contribution >= 4 is 46.2 Å². The Hall–Kier alpha value is -2.80.